The quantitative estimate of drug-likeness (QED) is 0.309. The Bertz CT molecular complexity index is 1310. The van der Waals surface area contributed by atoms with Crippen LogP contribution in [-0.2, 0) is 10.6 Å². The molecule has 6 rings (SSSR count). The molecular formula is C28H21ClN2OS. The lowest BCUT2D eigenvalue weighted by molar-refractivity contribution is -0.0283. The van der Waals surface area contributed by atoms with Gasteiger partial charge in [0.2, 0.25) is 5.72 Å². The van der Waals surface area contributed by atoms with Crippen molar-refractivity contribution in [3.63, 3.8) is 0 Å². The minimum absolute atomic E-state index is 0.179. The summed E-state index contributed by atoms with van der Waals surface area (Å²) >= 11 is 8.14. The van der Waals surface area contributed by atoms with E-state index in [2.05, 4.69) is 83.8 Å². The van der Waals surface area contributed by atoms with Crippen molar-refractivity contribution in [1.29, 1.82) is 0 Å². The van der Waals surface area contributed by atoms with Crippen molar-refractivity contribution in [2.75, 3.05) is 4.90 Å². The molecule has 4 aromatic rings. The van der Waals surface area contributed by atoms with Gasteiger partial charge in [0, 0.05) is 32.7 Å². The number of para-hydroxylation sites is 1. The third-order valence-corrected chi connectivity index (χ3v) is 7.77. The fraction of sp³-hybridized carbons (Fsp3) is 0.107. The van der Waals surface area contributed by atoms with Gasteiger partial charge in [-0.25, -0.2) is 0 Å². The van der Waals surface area contributed by atoms with E-state index in [0.29, 0.717) is 5.02 Å². The average molecular weight is 469 g/mol. The first-order valence-electron chi connectivity index (χ1n) is 10.9. The molecule has 0 aromatic heterocycles. The van der Waals surface area contributed by atoms with Crippen molar-refractivity contribution in [1.82, 2.24) is 0 Å². The molecule has 2 unspecified atom stereocenters. The summed E-state index contributed by atoms with van der Waals surface area (Å²) in [4.78, 5) is 9.96. The summed E-state index contributed by atoms with van der Waals surface area (Å²) < 4.78 is 0. The first-order chi connectivity index (χ1) is 16.2. The summed E-state index contributed by atoms with van der Waals surface area (Å²) in [6.45, 7) is 0. The van der Waals surface area contributed by atoms with Crippen molar-refractivity contribution in [3.8, 4) is 0 Å². The smallest absolute Gasteiger partial charge is 0.242 e. The van der Waals surface area contributed by atoms with Gasteiger partial charge in [-0.1, -0.05) is 102 Å². The van der Waals surface area contributed by atoms with Gasteiger partial charge >= 0.3 is 0 Å². The Hall–Kier alpha value is -3.21. The van der Waals surface area contributed by atoms with E-state index < -0.39 is 5.72 Å². The number of halogens is 1. The molecule has 2 atom stereocenters. The van der Waals surface area contributed by atoms with E-state index in [1.54, 1.807) is 0 Å². The molecule has 0 radical (unpaired) electrons. The Morgan fingerprint density at radius 3 is 2.24 bits per heavy atom. The molecule has 0 bridgehead atoms. The van der Waals surface area contributed by atoms with E-state index >= 15 is 0 Å². The Morgan fingerprint density at radius 2 is 1.48 bits per heavy atom. The summed E-state index contributed by atoms with van der Waals surface area (Å²) in [5.41, 5.74) is 3.61. The van der Waals surface area contributed by atoms with Crippen LogP contribution in [0.1, 0.15) is 28.4 Å². The molecule has 0 N–H and O–H groups in total. The maximum Gasteiger partial charge on any atom is 0.242 e. The van der Waals surface area contributed by atoms with Crippen LogP contribution in [-0.4, -0.2) is 5.84 Å². The number of amidine groups is 1. The Labute approximate surface area is 202 Å². The second-order valence-corrected chi connectivity index (χ2v) is 9.87. The third kappa shape index (κ3) is 3.50. The first kappa shape index (κ1) is 20.4. The van der Waals surface area contributed by atoms with E-state index in [4.69, 9.17) is 21.6 Å². The molecule has 4 aromatic carbocycles. The van der Waals surface area contributed by atoms with Crippen molar-refractivity contribution in [3.05, 3.63) is 131 Å². The Balaban J connectivity index is 1.59. The lowest BCUT2D eigenvalue weighted by atomic mass is 9.92. The van der Waals surface area contributed by atoms with Gasteiger partial charge in [0.25, 0.3) is 0 Å². The summed E-state index contributed by atoms with van der Waals surface area (Å²) in [6.07, 6.45) is 0.720. The van der Waals surface area contributed by atoms with Gasteiger partial charge in [-0.3, -0.25) is 4.90 Å². The molecule has 2 aliphatic rings. The average Bonchev–Trinajstić information content (AvgIpc) is 3.18. The van der Waals surface area contributed by atoms with Crippen LogP contribution in [0.5, 0.6) is 0 Å². The number of benzene rings is 4. The fourth-order valence-corrected chi connectivity index (χ4v) is 6.10. The van der Waals surface area contributed by atoms with Gasteiger partial charge in [0.15, 0.2) is 5.84 Å². The molecule has 5 heteroatoms. The summed E-state index contributed by atoms with van der Waals surface area (Å²) in [5.74, 6) is 0.812. The van der Waals surface area contributed by atoms with Crippen LogP contribution >= 0.6 is 23.4 Å². The number of hydrogen-bond acceptors (Lipinski definition) is 4. The number of rotatable bonds is 3. The number of nitrogens with zero attached hydrogens (tertiary/aromatic N) is 2. The van der Waals surface area contributed by atoms with Gasteiger partial charge in [-0.2, -0.15) is 0 Å². The molecule has 0 spiro atoms. The zero-order valence-electron chi connectivity index (χ0n) is 17.8. The molecule has 0 saturated carbocycles. The number of fused-ring (bicyclic) bond motifs is 3. The lowest BCUT2D eigenvalue weighted by Crippen LogP contribution is -2.47. The van der Waals surface area contributed by atoms with E-state index in [0.717, 1.165) is 29.1 Å². The highest BCUT2D eigenvalue weighted by atomic mass is 35.5. The topological polar surface area (TPSA) is 24.8 Å². The zero-order chi connectivity index (χ0) is 22.3. The Kier molecular flexibility index (Phi) is 5.12. The molecule has 0 saturated heterocycles. The van der Waals surface area contributed by atoms with Crippen molar-refractivity contribution < 1.29 is 4.84 Å². The molecule has 3 nitrogen and oxygen atoms in total. The molecule has 0 aliphatic carbocycles. The van der Waals surface area contributed by atoms with Crippen LogP contribution in [0.3, 0.4) is 0 Å². The molecule has 2 heterocycles. The summed E-state index contributed by atoms with van der Waals surface area (Å²) in [5, 5.41) is 5.57. The van der Waals surface area contributed by atoms with Crippen molar-refractivity contribution in [2.24, 2.45) is 5.16 Å². The second kappa shape index (κ2) is 8.29. The van der Waals surface area contributed by atoms with Gasteiger partial charge in [-0.05, 0) is 29.8 Å². The SMILES string of the molecule is Clc1ccc(C23CC(c4ccccc4)Sc4ccccc4N2C(c2ccccc2)=NO3)cc1. The summed E-state index contributed by atoms with van der Waals surface area (Å²) in [6, 6.07) is 37.4. The molecule has 0 amide bonds. The third-order valence-electron chi connectivity index (χ3n) is 6.19. The van der Waals surface area contributed by atoms with Gasteiger partial charge in [0.1, 0.15) is 0 Å². The van der Waals surface area contributed by atoms with Crippen LogP contribution < -0.4 is 4.90 Å². The highest BCUT2D eigenvalue weighted by Crippen LogP contribution is 2.56. The van der Waals surface area contributed by atoms with Gasteiger partial charge in [0.05, 0.1) is 5.69 Å². The van der Waals surface area contributed by atoms with E-state index in [-0.39, 0.29) is 5.25 Å². The van der Waals surface area contributed by atoms with Crippen molar-refractivity contribution >= 4 is 34.9 Å². The van der Waals surface area contributed by atoms with E-state index in [1.165, 1.54) is 10.5 Å². The first-order valence-corrected chi connectivity index (χ1v) is 12.2. The predicted molar refractivity (Wildman–Crippen MR) is 136 cm³/mol. The minimum atomic E-state index is -0.796. The standard InChI is InChI=1S/C28H21ClN2OS/c29-23-17-15-22(16-18-23)28-19-26(20-9-3-1-4-10-20)33-25-14-8-7-13-24(25)31(28)27(30-32-28)21-11-5-2-6-12-21/h1-18,26H,19H2. The normalized spacial score (nSPS) is 21.4. The summed E-state index contributed by atoms with van der Waals surface area (Å²) in [7, 11) is 0. The van der Waals surface area contributed by atoms with Crippen LogP contribution in [0.4, 0.5) is 5.69 Å². The van der Waals surface area contributed by atoms with Crippen LogP contribution in [0, 0.1) is 0 Å². The van der Waals surface area contributed by atoms with Gasteiger partial charge < -0.3 is 4.84 Å². The largest absolute Gasteiger partial charge is 0.360 e. The predicted octanol–water partition coefficient (Wildman–Crippen LogP) is 7.63. The Morgan fingerprint density at radius 1 is 0.818 bits per heavy atom. The maximum atomic E-state index is 6.48. The van der Waals surface area contributed by atoms with E-state index in [1.807, 2.05) is 42.1 Å². The second-order valence-electron chi connectivity index (χ2n) is 8.19. The monoisotopic (exact) mass is 468 g/mol. The molecule has 33 heavy (non-hydrogen) atoms. The van der Waals surface area contributed by atoms with Gasteiger partial charge in [-0.15, -0.1) is 11.8 Å². The lowest BCUT2D eigenvalue weighted by Gasteiger charge is -2.37. The van der Waals surface area contributed by atoms with Crippen LogP contribution in [0.2, 0.25) is 5.02 Å². The molecule has 0 fully saturated rings. The number of thioether (sulfide) groups is 1. The maximum absolute atomic E-state index is 6.48. The highest BCUT2D eigenvalue weighted by Gasteiger charge is 2.52. The molecule has 162 valence electrons. The zero-order valence-corrected chi connectivity index (χ0v) is 19.3. The highest BCUT2D eigenvalue weighted by molar-refractivity contribution is 7.99. The molecule has 2 aliphatic heterocycles. The number of oxime groups is 1. The fourth-order valence-electron chi connectivity index (χ4n) is 4.63. The number of hydrogen-bond donors (Lipinski definition) is 0. The van der Waals surface area contributed by atoms with Crippen molar-refractivity contribution in [2.45, 2.75) is 22.3 Å². The minimum Gasteiger partial charge on any atom is -0.360 e. The number of anilines is 1. The van der Waals surface area contributed by atoms with Crippen LogP contribution in [0.15, 0.2) is 119 Å². The molecular weight excluding hydrogens is 448 g/mol. The van der Waals surface area contributed by atoms with E-state index in [9.17, 15) is 0 Å². The van der Waals surface area contributed by atoms with Crippen LogP contribution in [0.25, 0.3) is 0 Å².